The molecule has 0 aliphatic carbocycles. The summed E-state index contributed by atoms with van der Waals surface area (Å²) in [5.74, 6) is -0.204. The number of benzene rings is 2. The number of carboxylic acid groups (broad SMARTS) is 1. The Morgan fingerprint density at radius 3 is 2.54 bits per heavy atom. The van der Waals surface area contributed by atoms with Crippen LogP contribution in [0.5, 0.6) is 5.75 Å². The summed E-state index contributed by atoms with van der Waals surface area (Å²) >= 11 is 16.0. The van der Waals surface area contributed by atoms with E-state index in [1.165, 1.54) is 0 Å². The highest BCUT2D eigenvalue weighted by atomic mass is 79.9. The fraction of sp³-hybridized carbons (Fsp3) is 0.381. The van der Waals surface area contributed by atoms with E-state index < -0.39 is 5.97 Å². The molecule has 0 aromatic heterocycles. The van der Waals surface area contributed by atoms with Crippen LogP contribution < -0.4 is 4.74 Å². The van der Waals surface area contributed by atoms with Gasteiger partial charge in [0.25, 0.3) is 0 Å². The van der Waals surface area contributed by atoms with Crippen LogP contribution in [0.3, 0.4) is 0 Å². The average molecular weight is 487 g/mol. The zero-order valence-corrected chi connectivity index (χ0v) is 18.6. The second-order valence-corrected chi connectivity index (χ2v) is 8.57. The SMILES string of the molecule is CCOc1ccc(Br)cc1C(c1ccc(Cl)c(Cl)c1)N1CCC(C(=O)O)CC1. The Kier molecular flexibility index (Phi) is 7.26. The summed E-state index contributed by atoms with van der Waals surface area (Å²) in [5.41, 5.74) is 2.02. The normalized spacial score (nSPS) is 16.7. The molecule has 2 aromatic carbocycles. The number of piperidine rings is 1. The number of hydrogen-bond donors (Lipinski definition) is 1. The minimum atomic E-state index is -0.719. The van der Waals surface area contributed by atoms with Gasteiger partial charge in [-0.05, 0) is 68.8 Å². The molecule has 0 saturated carbocycles. The van der Waals surface area contributed by atoms with Crippen LogP contribution in [-0.4, -0.2) is 35.7 Å². The summed E-state index contributed by atoms with van der Waals surface area (Å²) in [6, 6.07) is 11.5. The molecule has 1 unspecified atom stereocenters. The average Bonchev–Trinajstić information content (AvgIpc) is 2.67. The molecule has 4 nitrogen and oxygen atoms in total. The van der Waals surface area contributed by atoms with Gasteiger partial charge in [0, 0.05) is 10.0 Å². The largest absolute Gasteiger partial charge is 0.494 e. The first kappa shape index (κ1) is 21.4. The Balaban J connectivity index is 2.04. The second kappa shape index (κ2) is 9.49. The van der Waals surface area contributed by atoms with E-state index in [0.29, 0.717) is 42.6 Å². The van der Waals surface area contributed by atoms with Crippen LogP contribution in [0, 0.1) is 5.92 Å². The van der Waals surface area contributed by atoms with Gasteiger partial charge in [0.15, 0.2) is 0 Å². The lowest BCUT2D eigenvalue weighted by molar-refractivity contribution is -0.143. The molecule has 2 aromatic rings. The molecule has 3 rings (SSSR count). The summed E-state index contributed by atoms with van der Waals surface area (Å²) in [7, 11) is 0. The summed E-state index contributed by atoms with van der Waals surface area (Å²) in [6.45, 7) is 3.88. The minimum absolute atomic E-state index is 0.108. The molecule has 1 saturated heterocycles. The van der Waals surface area contributed by atoms with Crippen molar-refractivity contribution in [3.63, 3.8) is 0 Å². The number of carbonyl (C=O) groups is 1. The van der Waals surface area contributed by atoms with E-state index in [-0.39, 0.29) is 12.0 Å². The first-order chi connectivity index (χ1) is 13.4. The van der Waals surface area contributed by atoms with E-state index in [0.717, 1.165) is 21.3 Å². The molecule has 1 fully saturated rings. The standard InChI is InChI=1S/C21H22BrCl2NO3/c1-2-28-19-6-4-15(22)12-16(19)20(14-3-5-17(23)18(24)11-14)25-9-7-13(8-10-25)21(26)27/h3-6,11-13,20H,2,7-10H2,1H3,(H,26,27). The van der Waals surface area contributed by atoms with Crippen molar-refractivity contribution in [3.05, 3.63) is 62.0 Å². The van der Waals surface area contributed by atoms with Gasteiger partial charge in [-0.15, -0.1) is 0 Å². The maximum Gasteiger partial charge on any atom is 0.306 e. The summed E-state index contributed by atoms with van der Waals surface area (Å²) < 4.78 is 6.85. The molecule has 150 valence electrons. The van der Waals surface area contributed by atoms with Gasteiger partial charge in [-0.2, -0.15) is 0 Å². The van der Waals surface area contributed by atoms with Gasteiger partial charge in [-0.3, -0.25) is 9.69 Å². The molecule has 0 amide bonds. The lowest BCUT2D eigenvalue weighted by atomic mass is 9.91. The van der Waals surface area contributed by atoms with Gasteiger partial charge in [-0.1, -0.05) is 45.2 Å². The third-order valence-corrected chi connectivity index (χ3v) is 6.30. The van der Waals surface area contributed by atoms with E-state index in [1.807, 2.05) is 31.2 Å². The molecule has 0 radical (unpaired) electrons. The van der Waals surface area contributed by atoms with Gasteiger partial charge >= 0.3 is 5.97 Å². The van der Waals surface area contributed by atoms with Crippen molar-refractivity contribution in [1.82, 2.24) is 4.90 Å². The minimum Gasteiger partial charge on any atom is -0.494 e. The molecule has 1 aliphatic heterocycles. The van der Waals surface area contributed by atoms with E-state index in [2.05, 4.69) is 26.9 Å². The number of carboxylic acids is 1. The highest BCUT2D eigenvalue weighted by Gasteiger charge is 2.32. The van der Waals surface area contributed by atoms with Crippen LogP contribution in [0.15, 0.2) is 40.9 Å². The van der Waals surface area contributed by atoms with Crippen LogP contribution in [0.1, 0.15) is 36.9 Å². The molecule has 28 heavy (non-hydrogen) atoms. The quantitative estimate of drug-likeness (QED) is 0.540. The maximum atomic E-state index is 11.4. The molecule has 1 atom stereocenters. The Morgan fingerprint density at radius 1 is 1.21 bits per heavy atom. The van der Waals surface area contributed by atoms with Crippen molar-refractivity contribution in [2.45, 2.75) is 25.8 Å². The Morgan fingerprint density at radius 2 is 1.93 bits per heavy atom. The van der Waals surface area contributed by atoms with Crippen molar-refractivity contribution < 1.29 is 14.6 Å². The molecule has 1 N–H and O–H groups in total. The number of hydrogen-bond acceptors (Lipinski definition) is 3. The topological polar surface area (TPSA) is 49.8 Å². The van der Waals surface area contributed by atoms with Crippen LogP contribution >= 0.6 is 39.1 Å². The van der Waals surface area contributed by atoms with E-state index in [4.69, 9.17) is 27.9 Å². The van der Waals surface area contributed by atoms with E-state index >= 15 is 0 Å². The second-order valence-electron chi connectivity index (χ2n) is 6.84. The Bertz CT molecular complexity index is 854. The molecular formula is C21H22BrCl2NO3. The fourth-order valence-electron chi connectivity index (χ4n) is 3.69. The van der Waals surface area contributed by atoms with Crippen LogP contribution in [-0.2, 0) is 4.79 Å². The highest BCUT2D eigenvalue weighted by Crippen LogP contribution is 2.40. The summed E-state index contributed by atoms with van der Waals surface area (Å²) in [5, 5.41) is 10.3. The van der Waals surface area contributed by atoms with Crippen molar-refractivity contribution >= 4 is 45.1 Å². The lowest BCUT2D eigenvalue weighted by Gasteiger charge is -2.37. The van der Waals surface area contributed by atoms with Crippen molar-refractivity contribution in [2.75, 3.05) is 19.7 Å². The van der Waals surface area contributed by atoms with Crippen LogP contribution in [0.25, 0.3) is 0 Å². The number of aliphatic carboxylic acids is 1. The number of likely N-dealkylation sites (tertiary alicyclic amines) is 1. The third-order valence-electron chi connectivity index (χ3n) is 5.07. The number of halogens is 3. The van der Waals surface area contributed by atoms with Gasteiger partial charge < -0.3 is 9.84 Å². The predicted molar refractivity (Wildman–Crippen MR) is 116 cm³/mol. The monoisotopic (exact) mass is 485 g/mol. The highest BCUT2D eigenvalue weighted by molar-refractivity contribution is 9.10. The van der Waals surface area contributed by atoms with E-state index in [1.54, 1.807) is 6.07 Å². The summed E-state index contributed by atoms with van der Waals surface area (Å²) in [4.78, 5) is 13.7. The van der Waals surface area contributed by atoms with Crippen LogP contribution in [0.2, 0.25) is 10.0 Å². The molecule has 0 bridgehead atoms. The maximum absolute atomic E-state index is 11.4. The Labute approximate surface area is 183 Å². The van der Waals surface area contributed by atoms with Gasteiger partial charge in [-0.25, -0.2) is 0 Å². The zero-order valence-electron chi connectivity index (χ0n) is 15.5. The lowest BCUT2D eigenvalue weighted by Crippen LogP contribution is -2.39. The van der Waals surface area contributed by atoms with Gasteiger partial charge in [0.2, 0.25) is 0 Å². The Hall–Kier alpha value is -1.27. The third kappa shape index (κ3) is 4.82. The van der Waals surface area contributed by atoms with Gasteiger partial charge in [0.1, 0.15) is 5.75 Å². The van der Waals surface area contributed by atoms with Crippen molar-refractivity contribution in [2.24, 2.45) is 5.92 Å². The molecular weight excluding hydrogens is 465 g/mol. The molecule has 0 spiro atoms. The molecule has 7 heteroatoms. The number of rotatable bonds is 6. The van der Waals surface area contributed by atoms with Crippen LogP contribution in [0.4, 0.5) is 0 Å². The first-order valence-electron chi connectivity index (χ1n) is 9.24. The number of ether oxygens (including phenoxy) is 1. The predicted octanol–water partition coefficient (Wildman–Crippen LogP) is 6.04. The van der Waals surface area contributed by atoms with Gasteiger partial charge in [0.05, 0.1) is 28.6 Å². The number of nitrogens with zero attached hydrogens (tertiary/aromatic N) is 1. The van der Waals surface area contributed by atoms with E-state index in [9.17, 15) is 9.90 Å². The molecule has 1 aliphatic rings. The summed E-state index contributed by atoms with van der Waals surface area (Å²) in [6.07, 6.45) is 1.23. The smallest absolute Gasteiger partial charge is 0.306 e. The fourth-order valence-corrected chi connectivity index (χ4v) is 4.38. The first-order valence-corrected chi connectivity index (χ1v) is 10.8. The molecule has 1 heterocycles. The zero-order chi connectivity index (χ0) is 20.3. The van der Waals surface area contributed by atoms with Crippen molar-refractivity contribution in [3.8, 4) is 5.75 Å². The van der Waals surface area contributed by atoms with Crippen molar-refractivity contribution in [1.29, 1.82) is 0 Å².